The second kappa shape index (κ2) is 9.60. The van der Waals surface area contributed by atoms with Gasteiger partial charge in [-0.15, -0.1) is 0 Å². The number of amides is 1. The van der Waals surface area contributed by atoms with Gasteiger partial charge in [-0.3, -0.25) is 10.1 Å². The minimum atomic E-state index is -1.18. The fourth-order valence-electron chi connectivity index (χ4n) is 4.03. The summed E-state index contributed by atoms with van der Waals surface area (Å²) in [5, 5.41) is 21.2. The molecule has 0 spiro atoms. The molecule has 178 valence electrons. The molecule has 1 atom stereocenters. The molecule has 2 aromatic rings. The van der Waals surface area contributed by atoms with E-state index in [1.54, 1.807) is 39.0 Å². The van der Waals surface area contributed by atoms with E-state index in [0.717, 1.165) is 0 Å². The van der Waals surface area contributed by atoms with Gasteiger partial charge in [-0.2, -0.15) is 0 Å². The summed E-state index contributed by atoms with van der Waals surface area (Å²) in [6.07, 6.45) is 0.183. The first-order chi connectivity index (χ1) is 15.5. The average Bonchev–Trinajstić information content (AvgIpc) is 2.74. The number of nitrogens with zero attached hydrogens (tertiary/aromatic N) is 3. The number of nitro groups is 1. The lowest BCUT2D eigenvalue weighted by Gasteiger charge is -2.40. The average molecular weight is 463 g/mol. The Balaban J connectivity index is 1.95. The van der Waals surface area contributed by atoms with Gasteiger partial charge in [-0.05, 0) is 51.7 Å². The van der Waals surface area contributed by atoms with Gasteiger partial charge in [0.05, 0.1) is 11.0 Å². The van der Waals surface area contributed by atoms with Gasteiger partial charge in [-0.1, -0.05) is 18.2 Å². The molecule has 0 bridgehead atoms. The molecule has 1 N–H and O–H groups in total. The van der Waals surface area contributed by atoms with E-state index in [2.05, 4.69) is 0 Å². The van der Waals surface area contributed by atoms with Crippen molar-refractivity contribution in [2.45, 2.75) is 39.2 Å². The Bertz CT molecular complexity index is 1030. The molecular weight excluding hydrogens is 436 g/mol. The van der Waals surface area contributed by atoms with Crippen LogP contribution >= 0.6 is 0 Å². The zero-order valence-corrected chi connectivity index (χ0v) is 18.8. The summed E-state index contributed by atoms with van der Waals surface area (Å²) < 4.78 is 35.5. The van der Waals surface area contributed by atoms with Crippen molar-refractivity contribution in [3.8, 4) is 11.5 Å². The number of halogens is 2. The number of carboxylic acid groups (broad SMARTS) is 1. The number of hydrogen-bond acceptors (Lipinski definition) is 5. The molecule has 33 heavy (non-hydrogen) atoms. The second-order valence-electron chi connectivity index (χ2n) is 9.06. The van der Waals surface area contributed by atoms with E-state index in [9.17, 15) is 24.4 Å². The Labute approximate surface area is 190 Å². The number of para-hydroxylation sites is 1. The van der Waals surface area contributed by atoms with Crippen molar-refractivity contribution in [1.29, 1.82) is 0 Å². The normalized spacial score (nSPS) is 16.4. The number of rotatable bonds is 6. The molecule has 1 amide bonds. The second-order valence-corrected chi connectivity index (χ2v) is 9.06. The topological polar surface area (TPSA) is 96.2 Å². The van der Waals surface area contributed by atoms with Crippen molar-refractivity contribution in [1.82, 2.24) is 4.90 Å². The van der Waals surface area contributed by atoms with Crippen LogP contribution in [0.4, 0.5) is 25.0 Å². The van der Waals surface area contributed by atoms with Crippen LogP contribution in [-0.4, -0.2) is 46.2 Å². The maximum atomic E-state index is 15.5. The minimum absolute atomic E-state index is 0.184. The molecule has 0 radical (unpaired) electrons. The molecule has 1 heterocycles. The summed E-state index contributed by atoms with van der Waals surface area (Å²) in [7, 11) is 0. The Morgan fingerprint density at radius 2 is 1.97 bits per heavy atom. The van der Waals surface area contributed by atoms with E-state index in [0.29, 0.717) is 25.5 Å². The maximum absolute atomic E-state index is 15.5. The van der Waals surface area contributed by atoms with Crippen LogP contribution in [0.25, 0.3) is 0 Å². The molecular formula is C23H27F2N3O5. The number of nitro benzene ring substituents is 1. The van der Waals surface area contributed by atoms with E-state index in [-0.39, 0.29) is 30.4 Å². The molecule has 0 saturated carbocycles. The third kappa shape index (κ3) is 5.50. The summed E-state index contributed by atoms with van der Waals surface area (Å²) >= 11 is 0. The lowest BCUT2D eigenvalue weighted by molar-refractivity contribution is -0.384. The van der Waals surface area contributed by atoms with E-state index in [4.69, 9.17) is 4.74 Å². The van der Waals surface area contributed by atoms with E-state index < -0.39 is 39.6 Å². The predicted octanol–water partition coefficient (Wildman–Crippen LogP) is 5.66. The number of piperidine rings is 1. The highest BCUT2D eigenvalue weighted by Gasteiger charge is 2.35. The predicted molar refractivity (Wildman–Crippen MR) is 119 cm³/mol. The number of hydrogen-bond donors (Lipinski definition) is 1. The van der Waals surface area contributed by atoms with E-state index in [1.165, 1.54) is 21.9 Å². The van der Waals surface area contributed by atoms with Crippen molar-refractivity contribution >= 4 is 17.5 Å². The molecule has 10 heteroatoms. The van der Waals surface area contributed by atoms with Gasteiger partial charge in [0.2, 0.25) is 5.75 Å². The SMILES string of the molecule is CC(C)(C)N(C[C@H]1CCCN(c2c([N+](=O)[O-])cc(F)c(Oc3ccccc3)c2F)C1)C(=O)O. The van der Waals surface area contributed by atoms with Crippen LogP contribution in [0, 0.1) is 27.7 Å². The standard InChI is InChI=1S/C23H27F2N3O5/c1-23(2,3)27(22(29)30)14-15-8-7-11-26(13-15)20-18(28(31)32)12-17(24)21(19(20)25)33-16-9-5-4-6-10-16/h4-6,9-10,12,15H,7-8,11,13-14H2,1-3H3,(H,29,30)/t15-/m0/s1. The lowest BCUT2D eigenvalue weighted by atomic mass is 9.94. The third-order valence-corrected chi connectivity index (χ3v) is 5.61. The number of carbonyl (C=O) groups is 1. The summed E-state index contributed by atoms with van der Waals surface area (Å²) in [4.78, 5) is 25.3. The van der Waals surface area contributed by atoms with Crippen LogP contribution in [0.1, 0.15) is 33.6 Å². The molecule has 3 rings (SSSR count). The molecule has 1 aliphatic rings. The lowest BCUT2D eigenvalue weighted by Crippen LogP contribution is -2.50. The Hall–Kier alpha value is -3.43. The quantitative estimate of drug-likeness (QED) is 0.439. The van der Waals surface area contributed by atoms with Crippen molar-refractivity contribution in [2.75, 3.05) is 24.5 Å². The first-order valence-electron chi connectivity index (χ1n) is 10.6. The van der Waals surface area contributed by atoms with E-state index in [1.807, 2.05) is 0 Å². The van der Waals surface area contributed by atoms with Gasteiger partial charge in [0.15, 0.2) is 17.3 Å². The van der Waals surface area contributed by atoms with Gasteiger partial charge in [0.25, 0.3) is 5.69 Å². The van der Waals surface area contributed by atoms with Gasteiger partial charge in [0.1, 0.15) is 5.75 Å². The summed E-state index contributed by atoms with van der Waals surface area (Å²) in [6.45, 7) is 6.03. The fraction of sp³-hybridized carbons (Fsp3) is 0.435. The zero-order valence-electron chi connectivity index (χ0n) is 18.8. The van der Waals surface area contributed by atoms with Crippen LogP contribution < -0.4 is 9.64 Å². The Morgan fingerprint density at radius 1 is 1.30 bits per heavy atom. The highest BCUT2D eigenvalue weighted by atomic mass is 19.1. The number of ether oxygens (including phenoxy) is 1. The van der Waals surface area contributed by atoms with Gasteiger partial charge in [0, 0.05) is 25.2 Å². The van der Waals surface area contributed by atoms with Crippen LogP contribution in [0.5, 0.6) is 11.5 Å². The number of anilines is 1. The summed E-state index contributed by atoms with van der Waals surface area (Å²) in [5.41, 5.74) is -1.69. The van der Waals surface area contributed by atoms with Crippen LogP contribution in [0.3, 0.4) is 0 Å². The highest BCUT2D eigenvalue weighted by Crippen LogP contribution is 2.41. The smallest absolute Gasteiger partial charge is 0.407 e. The summed E-state index contributed by atoms with van der Waals surface area (Å²) in [5.74, 6) is -3.04. The van der Waals surface area contributed by atoms with Crippen molar-refractivity contribution in [2.24, 2.45) is 5.92 Å². The molecule has 0 aromatic heterocycles. The van der Waals surface area contributed by atoms with Gasteiger partial charge < -0.3 is 19.6 Å². The molecule has 2 aromatic carbocycles. The molecule has 1 fully saturated rings. The van der Waals surface area contributed by atoms with Crippen LogP contribution in [-0.2, 0) is 0 Å². The molecule has 1 aliphatic heterocycles. The Morgan fingerprint density at radius 3 is 2.55 bits per heavy atom. The van der Waals surface area contributed by atoms with Gasteiger partial charge in [-0.25, -0.2) is 13.6 Å². The Kier molecular flexibility index (Phi) is 7.04. The summed E-state index contributed by atoms with van der Waals surface area (Å²) in [6, 6.07) is 8.69. The van der Waals surface area contributed by atoms with Crippen LogP contribution in [0.2, 0.25) is 0 Å². The van der Waals surface area contributed by atoms with Crippen molar-refractivity contribution < 1.29 is 28.3 Å². The first-order valence-corrected chi connectivity index (χ1v) is 10.6. The molecule has 0 aliphatic carbocycles. The molecule has 8 nitrogen and oxygen atoms in total. The molecule has 1 saturated heterocycles. The maximum Gasteiger partial charge on any atom is 0.407 e. The largest absolute Gasteiger partial charge is 0.465 e. The van der Waals surface area contributed by atoms with Crippen molar-refractivity contribution in [3.05, 3.63) is 58.1 Å². The minimum Gasteiger partial charge on any atom is -0.465 e. The van der Waals surface area contributed by atoms with Crippen LogP contribution in [0.15, 0.2) is 36.4 Å². The first kappa shape index (κ1) is 24.2. The fourth-order valence-corrected chi connectivity index (χ4v) is 4.03. The van der Waals surface area contributed by atoms with Gasteiger partial charge >= 0.3 is 6.09 Å². The molecule has 0 unspecified atom stereocenters. The monoisotopic (exact) mass is 463 g/mol. The van der Waals surface area contributed by atoms with E-state index >= 15 is 4.39 Å². The third-order valence-electron chi connectivity index (χ3n) is 5.61. The van der Waals surface area contributed by atoms with Crippen molar-refractivity contribution in [3.63, 3.8) is 0 Å². The number of benzene rings is 2. The zero-order chi connectivity index (χ0) is 24.3. The highest BCUT2D eigenvalue weighted by molar-refractivity contribution is 5.68.